The highest BCUT2D eigenvalue weighted by Gasteiger charge is 2.32. The molecule has 1 heterocycles. The fraction of sp³-hybridized carbons (Fsp3) is 0.135. The van der Waals surface area contributed by atoms with E-state index in [0.29, 0.717) is 17.0 Å². The van der Waals surface area contributed by atoms with Gasteiger partial charge in [0.1, 0.15) is 0 Å². The number of rotatable bonds is 6. The molecule has 0 spiro atoms. The zero-order chi connectivity index (χ0) is 28.7. The van der Waals surface area contributed by atoms with Crippen LogP contribution in [0.5, 0.6) is 0 Å². The van der Waals surface area contributed by atoms with E-state index >= 15 is 0 Å². The van der Waals surface area contributed by atoms with Gasteiger partial charge in [0, 0.05) is 37.9 Å². The van der Waals surface area contributed by atoms with E-state index in [1.165, 1.54) is 11.1 Å². The summed E-state index contributed by atoms with van der Waals surface area (Å²) in [6, 6.07) is 35.2. The molecule has 0 radical (unpaired) electrons. The highest BCUT2D eigenvalue weighted by Crippen LogP contribution is 2.39. The maximum absolute atomic E-state index is 12.9. The molecular weight excluding hydrogens is 522 g/mol. The number of hydrogen-bond acceptors (Lipinski definition) is 4. The lowest BCUT2D eigenvalue weighted by Gasteiger charge is -2.26. The van der Waals surface area contributed by atoms with E-state index in [2.05, 4.69) is 105 Å². The summed E-state index contributed by atoms with van der Waals surface area (Å²) in [5.41, 5.74) is 9.20. The zero-order valence-corrected chi connectivity index (χ0v) is 24.5. The van der Waals surface area contributed by atoms with Crippen LogP contribution in [-0.4, -0.2) is 11.6 Å². The molecule has 41 heavy (non-hydrogen) atoms. The number of hydrogen-bond donors (Lipinski definition) is 0. The van der Waals surface area contributed by atoms with E-state index in [1.807, 2.05) is 6.92 Å². The second-order valence-electron chi connectivity index (χ2n) is 10.9. The minimum atomic E-state index is -0.193. The Morgan fingerprint density at radius 3 is 1.73 bits per heavy atom. The molecule has 0 fully saturated rings. The minimum absolute atomic E-state index is 0.193. The van der Waals surface area contributed by atoms with Crippen LogP contribution in [0.2, 0.25) is 0 Å². The van der Waals surface area contributed by atoms with Gasteiger partial charge < -0.3 is 4.90 Å². The summed E-state index contributed by atoms with van der Waals surface area (Å²) >= 11 is 1.60. The van der Waals surface area contributed by atoms with Gasteiger partial charge in [-0.05, 0) is 85.0 Å². The third kappa shape index (κ3) is 5.07. The molecule has 5 aromatic rings. The predicted molar refractivity (Wildman–Crippen MR) is 171 cm³/mol. The highest BCUT2D eigenvalue weighted by molar-refractivity contribution is 7.16. The van der Waals surface area contributed by atoms with Gasteiger partial charge in [-0.3, -0.25) is 9.59 Å². The number of Topliss-reactive ketones (excluding diaryl/α,β-unsaturated/α-hetero) is 2. The van der Waals surface area contributed by atoms with E-state index in [-0.39, 0.29) is 17.1 Å². The van der Waals surface area contributed by atoms with Gasteiger partial charge in [-0.2, -0.15) is 0 Å². The van der Waals surface area contributed by atoms with Crippen molar-refractivity contribution in [3.8, 4) is 10.4 Å². The molecule has 0 N–H and O–H groups in total. The fourth-order valence-corrected chi connectivity index (χ4v) is 6.36. The number of fused-ring (bicyclic) bond motifs is 1. The molecule has 3 nitrogen and oxygen atoms in total. The van der Waals surface area contributed by atoms with E-state index < -0.39 is 0 Å². The number of aryl methyl sites for hydroxylation is 2. The Labute approximate surface area is 245 Å². The van der Waals surface area contributed by atoms with Crippen molar-refractivity contribution in [2.24, 2.45) is 0 Å². The monoisotopic (exact) mass is 553 g/mol. The molecule has 0 unspecified atom stereocenters. The average molecular weight is 554 g/mol. The van der Waals surface area contributed by atoms with Crippen molar-refractivity contribution < 1.29 is 9.59 Å². The topological polar surface area (TPSA) is 37.4 Å². The van der Waals surface area contributed by atoms with Gasteiger partial charge in [0.25, 0.3) is 0 Å². The molecule has 0 saturated carbocycles. The molecule has 202 valence electrons. The lowest BCUT2D eigenvalue weighted by Crippen LogP contribution is -2.10. The third-order valence-corrected chi connectivity index (χ3v) is 8.89. The Kier molecular flexibility index (Phi) is 7.02. The first-order chi connectivity index (χ1) is 19.8. The van der Waals surface area contributed by atoms with Crippen molar-refractivity contribution in [2.45, 2.75) is 33.6 Å². The molecule has 0 bridgehead atoms. The van der Waals surface area contributed by atoms with Crippen molar-refractivity contribution in [1.29, 1.82) is 0 Å². The summed E-state index contributed by atoms with van der Waals surface area (Å²) in [4.78, 5) is 30.1. The summed E-state index contributed by atoms with van der Waals surface area (Å²) in [5, 5.41) is 0. The van der Waals surface area contributed by atoms with Gasteiger partial charge in [0.05, 0.1) is 5.57 Å². The van der Waals surface area contributed by atoms with Gasteiger partial charge in [-0.1, -0.05) is 80.1 Å². The Balaban J connectivity index is 1.32. The maximum Gasteiger partial charge on any atom is 0.197 e. The lowest BCUT2D eigenvalue weighted by atomic mass is 10.0. The van der Waals surface area contributed by atoms with Crippen LogP contribution in [0.3, 0.4) is 0 Å². The van der Waals surface area contributed by atoms with Crippen LogP contribution in [0.15, 0.2) is 109 Å². The molecule has 0 saturated heterocycles. The number of carbonyl (C=O) groups is 2. The average Bonchev–Trinajstić information content (AvgIpc) is 3.47. The third-order valence-electron chi connectivity index (χ3n) is 7.66. The first kappa shape index (κ1) is 26.7. The predicted octanol–water partition coefficient (Wildman–Crippen LogP) is 10.1. The Morgan fingerprint density at radius 2 is 1.20 bits per heavy atom. The number of thiophene rings is 1. The van der Waals surface area contributed by atoms with Crippen molar-refractivity contribution in [1.82, 2.24) is 0 Å². The minimum Gasteiger partial charge on any atom is -0.311 e. The zero-order valence-electron chi connectivity index (χ0n) is 23.6. The van der Waals surface area contributed by atoms with E-state index in [4.69, 9.17) is 0 Å². The fourth-order valence-electron chi connectivity index (χ4n) is 5.24. The van der Waals surface area contributed by atoms with Gasteiger partial charge >= 0.3 is 0 Å². The highest BCUT2D eigenvalue weighted by atomic mass is 32.1. The Hall–Kier alpha value is -4.54. The summed E-state index contributed by atoms with van der Waals surface area (Å²) in [7, 11) is 0. The smallest absolute Gasteiger partial charge is 0.197 e. The molecule has 4 aromatic carbocycles. The molecule has 4 heteroatoms. The number of allylic oxidation sites excluding steroid dienone is 1. The number of anilines is 3. The van der Waals surface area contributed by atoms with Crippen LogP contribution < -0.4 is 4.90 Å². The number of nitrogens with zero attached hydrogens (tertiary/aromatic N) is 1. The van der Waals surface area contributed by atoms with Crippen LogP contribution in [0.4, 0.5) is 17.1 Å². The van der Waals surface area contributed by atoms with Crippen molar-refractivity contribution >= 4 is 46.0 Å². The second-order valence-corrected chi connectivity index (χ2v) is 12.0. The van der Waals surface area contributed by atoms with E-state index in [1.54, 1.807) is 41.7 Å². The van der Waals surface area contributed by atoms with Crippen LogP contribution >= 0.6 is 11.3 Å². The molecule has 1 aliphatic carbocycles. The number of ketones is 2. The largest absolute Gasteiger partial charge is 0.311 e. The SMILES string of the molecule is Cc1ccc(N(c2ccc(-c3cc(C)c(C=C4C(=O)c5ccccc5C4=O)s3)cc2)c2ccc(C(C)C)cc2)cc1. The molecule has 1 aromatic heterocycles. The first-order valence-electron chi connectivity index (χ1n) is 13.9. The summed E-state index contributed by atoms with van der Waals surface area (Å²) < 4.78 is 0. The van der Waals surface area contributed by atoms with Crippen molar-refractivity contribution in [3.63, 3.8) is 0 Å². The summed E-state index contributed by atoms with van der Waals surface area (Å²) in [6.45, 7) is 8.55. The van der Waals surface area contributed by atoms with Gasteiger partial charge in [-0.25, -0.2) is 0 Å². The molecule has 1 aliphatic rings. The quantitative estimate of drug-likeness (QED) is 0.155. The molecule has 6 rings (SSSR count). The van der Waals surface area contributed by atoms with Gasteiger partial charge in [-0.15, -0.1) is 11.3 Å². The van der Waals surface area contributed by atoms with E-state index in [0.717, 1.165) is 37.9 Å². The Morgan fingerprint density at radius 1 is 0.683 bits per heavy atom. The normalized spacial score (nSPS) is 12.7. The van der Waals surface area contributed by atoms with Crippen LogP contribution in [0.1, 0.15) is 62.0 Å². The Bertz CT molecular complexity index is 1750. The second kappa shape index (κ2) is 10.8. The molecule has 0 atom stereocenters. The standard InChI is InChI=1S/C37H31NO2S/c1-23(2)26-11-17-29(18-12-26)38(28-15-9-24(3)10-16-28)30-19-13-27(14-20-30)35-21-25(4)34(41-35)22-33-36(39)31-7-5-6-8-32(31)37(33)40/h5-23H,1-4H3. The number of carbonyl (C=O) groups excluding carboxylic acids is 2. The van der Waals surface area contributed by atoms with Crippen LogP contribution in [0, 0.1) is 13.8 Å². The molecule has 0 amide bonds. The van der Waals surface area contributed by atoms with Crippen molar-refractivity contribution in [3.05, 3.63) is 141 Å². The van der Waals surface area contributed by atoms with Gasteiger partial charge in [0.2, 0.25) is 0 Å². The lowest BCUT2D eigenvalue weighted by molar-refractivity contribution is 0.0990. The van der Waals surface area contributed by atoms with E-state index in [9.17, 15) is 9.59 Å². The molecule has 0 aliphatic heterocycles. The maximum atomic E-state index is 12.9. The molecular formula is C37H31NO2S. The summed E-state index contributed by atoms with van der Waals surface area (Å²) in [6.07, 6.45) is 1.77. The van der Waals surface area contributed by atoms with Crippen molar-refractivity contribution in [2.75, 3.05) is 4.90 Å². The van der Waals surface area contributed by atoms with Gasteiger partial charge in [0.15, 0.2) is 11.6 Å². The number of benzene rings is 4. The van der Waals surface area contributed by atoms with Crippen LogP contribution in [0.25, 0.3) is 16.5 Å². The van der Waals surface area contributed by atoms with Crippen LogP contribution in [-0.2, 0) is 0 Å². The summed E-state index contributed by atoms with van der Waals surface area (Å²) in [5.74, 6) is 0.0926. The first-order valence-corrected chi connectivity index (χ1v) is 14.7.